The molecule has 0 saturated carbocycles. The predicted octanol–water partition coefficient (Wildman–Crippen LogP) is 0.948. The number of hydrogen-bond donors (Lipinski definition) is 1. The first kappa shape index (κ1) is 13.8. The molecular weight excluding hydrogens is 244 g/mol. The van der Waals surface area contributed by atoms with Gasteiger partial charge in [-0.3, -0.25) is 4.79 Å². The fraction of sp³-hybridized carbons (Fsp3) is 0.500. The van der Waals surface area contributed by atoms with Crippen molar-refractivity contribution in [1.29, 1.82) is 0 Å². The molecule has 19 heavy (non-hydrogen) atoms. The molecule has 0 aromatic heterocycles. The number of benzene rings is 1. The Morgan fingerprint density at radius 3 is 2.89 bits per heavy atom. The van der Waals surface area contributed by atoms with E-state index in [0.29, 0.717) is 6.54 Å². The van der Waals surface area contributed by atoms with Gasteiger partial charge in [0.15, 0.2) is 0 Å². The standard InChI is InChI=1S/C14H20N2O3/c1-18-11-5-6-12-10(8-11)4-3-7-16(12)14(17)13(9-15)19-2/h5-6,8,13H,3-4,7,9,15H2,1-2H3. The number of amides is 1. The third-order valence-corrected chi connectivity index (χ3v) is 3.45. The molecule has 1 atom stereocenters. The van der Waals surface area contributed by atoms with Gasteiger partial charge in [0.1, 0.15) is 11.9 Å². The van der Waals surface area contributed by atoms with E-state index >= 15 is 0 Å². The van der Waals surface area contributed by atoms with Crippen molar-refractivity contribution in [2.45, 2.75) is 18.9 Å². The quantitative estimate of drug-likeness (QED) is 0.879. The van der Waals surface area contributed by atoms with Crippen LogP contribution in [0.2, 0.25) is 0 Å². The van der Waals surface area contributed by atoms with Crippen LogP contribution < -0.4 is 15.4 Å². The number of aryl methyl sites for hydroxylation is 1. The summed E-state index contributed by atoms with van der Waals surface area (Å²) in [4.78, 5) is 14.1. The van der Waals surface area contributed by atoms with Gasteiger partial charge in [-0.1, -0.05) is 0 Å². The number of ether oxygens (including phenoxy) is 2. The molecule has 0 aliphatic carbocycles. The summed E-state index contributed by atoms with van der Waals surface area (Å²) in [6.07, 6.45) is 1.32. The van der Waals surface area contributed by atoms with E-state index in [0.717, 1.165) is 29.8 Å². The van der Waals surface area contributed by atoms with Crippen LogP contribution in [0.15, 0.2) is 18.2 Å². The lowest BCUT2D eigenvalue weighted by atomic mass is 10.0. The van der Waals surface area contributed by atoms with Crippen LogP contribution in [0.25, 0.3) is 0 Å². The number of fused-ring (bicyclic) bond motifs is 1. The highest BCUT2D eigenvalue weighted by atomic mass is 16.5. The Hall–Kier alpha value is -1.59. The van der Waals surface area contributed by atoms with E-state index in [2.05, 4.69) is 0 Å². The largest absolute Gasteiger partial charge is 0.497 e. The van der Waals surface area contributed by atoms with Crippen LogP contribution in [0.3, 0.4) is 0 Å². The number of rotatable bonds is 4. The molecule has 0 radical (unpaired) electrons. The van der Waals surface area contributed by atoms with Crippen LogP contribution >= 0.6 is 0 Å². The van der Waals surface area contributed by atoms with Gasteiger partial charge in [-0.2, -0.15) is 0 Å². The number of carbonyl (C=O) groups is 1. The Morgan fingerprint density at radius 1 is 1.47 bits per heavy atom. The fourth-order valence-corrected chi connectivity index (χ4v) is 2.40. The Balaban J connectivity index is 2.29. The maximum absolute atomic E-state index is 12.4. The zero-order valence-corrected chi connectivity index (χ0v) is 11.4. The average Bonchev–Trinajstić information content (AvgIpc) is 2.47. The lowest BCUT2D eigenvalue weighted by Gasteiger charge is -2.31. The van der Waals surface area contributed by atoms with Crippen LogP contribution in [0.4, 0.5) is 5.69 Å². The number of methoxy groups -OCH3 is 2. The second-order valence-corrected chi connectivity index (χ2v) is 4.55. The normalized spacial score (nSPS) is 15.8. The maximum Gasteiger partial charge on any atom is 0.257 e. The summed E-state index contributed by atoms with van der Waals surface area (Å²) in [7, 11) is 3.15. The molecule has 1 aromatic carbocycles. The number of hydrogen-bond acceptors (Lipinski definition) is 4. The molecule has 1 aliphatic rings. The molecule has 5 heteroatoms. The molecule has 1 aromatic rings. The second kappa shape index (κ2) is 6.04. The SMILES string of the molecule is COc1ccc2c(c1)CCCN2C(=O)C(CN)OC. The summed E-state index contributed by atoms with van der Waals surface area (Å²) in [5.74, 6) is 0.742. The topological polar surface area (TPSA) is 64.8 Å². The predicted molar refractivity (Wildman–Crippen MR) is 73.5 cm³/mol. The van der Waals surface area contributed by atoms with Gasteiger partial charge in [0.25, 0.3) is 5.91 Å². The van der Waals surface area contributed by atoms with Crippen molar-refractivity contribution < 1.29 is 14.3 Å². The minimum absolute atomic E-state index is 0.0730. The Morgan fingerprint density at radius 2 is 2.26 bits per heavy atom. The molecule has 1 amide bonds. The third kappa shape index (κ3) is 2.72. The van der Waals surface area contributed by atoms with Gasteiger partial charge in [-0.05, 0) is 36.6 Å². The maximum atomic E-state index is 12.4. The van der Waals surface area contributed by atoms with E-state index in [4.69, 9.17) is 15.2 Å². The van der Waals surface area contributed by atoms with Crippen molar-refractivity contribution in [3.8, 4) is 5.75 Å². The zero-order chi connectivity index (χ0) is 13.8. The molecule has 0 saturated heterocycles. The smallest absolute Gasteiger partial charge is 0.257 e. The molecular formula is C14H20N2O3. The zero-order valence-electron chi connectivity index (χ0n) is 11.4. The first-order valence-electron chi connectivity index (χ1n) is 6.42. The number of carbonyl (C=O) groups excluding carboxylic acids is 1. The first-order chi connectivity index (χ1) is 9.21. The van der Waals surface area contributed by atoms with Gasteiger partial charge in [-0.15, -0.1) is 0 Å². The van der Waals surface area contributed by atoms with Gasteiger partial charge in [-0.25, -0.2) is 0 Å². The number of nitrogens with zero attached hydrogens (tertiary/aromatic N) is 1. The molecule has 1 heterocycles. The minimum atomic E-state index is -0.576. The van der Waals surface area contributed by atoms with Gasteiger partial charge in [0.2, 0.25) is 0 Å². The molecule has 5 nitrogen and oxygen atoms in total. The molecule has 1 aliphatic heterocycles. The third-order valence-electron chi connectivity index (χ3n) is 3.45. The number of anilines is 1. The highest BCUT2D eigenvalue weighted by Crippen LogP contribution is 2.30. The second-order valence-electron chi connectivity index (χ2n) is 4.55. The van der Waals surface area contributed by atoms with Crippen molar-refractivity contribution in [2.24, 2.45) is 5.73 Å². The summed E-state index contributed by atoms with van der Waals surface area (Å²) in [5.41, 5.74) is 7.63. The van der Waals surface area contributed by atoms with Crippen molar-refractivity contribution in [3.05, 3.63) is 23.8 Å². The van der Waals surface area contributed by atoms with Crippen molar-refractivity contribution in [3.63, 3.8) is 0 Å². The van der Waals surface area contributed by atoms with Gasteiger partial charge in [0.05, 0.1) is 7.11 Å². The highest BCUT2D eigenvalue weighted by molar-refractivity contribution is 5.97. The summed E-state index contributed by atoms with van der Waals surface area (Å²) in [6.45, 7) is 0.898. The Bertz CT molecular complexity index is 458. The number of nitrogens with two attached hydrogens (primary N) is 1. The molecule has 0 fully saturated rings. The average molecular weight is 264 g/mol. The molecule has 2 rings (SSSR count). The van der Waals surface area contributed by atoms with Gasteiger partial charge in [0, 0.05) is 25.9 Å². The summed E-state index contributed by atoms with van der Waals surface area (Å²) in [6, 6.07) is 5.78. The lowest BCUT2D eigenvalue weighted by Crippen LogP contribution is -2.45. The highest BCUT2D eigenvalue weighted by Gasteiger charge is 2.28. The van der Waals surface area contributed by atoms with E-state index in [1.807, 2.05) is 18.2 Å². The van der Waals surface area contributed by atoms with E-state index in [-0.39, 0.29) is 12.5 Å². The molecule has 1 unspecified atom stereocenters. The van der Waals surface area contributed by atoms with Gasteiger partial charge >= 0.3 is 0 Å². The van der Waals surface area contributed by atoms with Crippen LogP contribution in [-0.4, -0.2) is 39.3 Å². The van der Waals surface area contributed by atoms with E-state index in [1.165, 1.54) is 7.11 Å². The van der Waals surface area contributed by atoms with E-state index < -0.39 is 6.10 Å². The van der Waals surface area contributed by atoms with Gasteiger partial charge < -0.3 is 20.1 Å². The molecule has 104 valence electrons. The molecule has 0 spiro atoms. The summed E-state index contributed by atoms with van der Waals surface area (Å²) in [5, 5.41) is 0. The monoisotopic (exact) mass is 264 g/mol. The van der Waals surface area contributed by atoms with Crippen molar-refractivity contribution in [1.82, 2.24) is 0 Å². The van der Waals surface area contributed by atoms with Crippen LogP contribution in [0, 0.1) is 0 Å². The fourth-order valence-electron chi connectivity index (χ4n) is 2.40. The minimum Gasteiger partial charge on any atom is -0.497 e. The Labute approximate surface area is 113 Å². The first-order valence-corrected chi connectivity index (χ1v) is 6.42. The molecule has 0 bridgehead atoms. The lowest BCUT2D eigenvalue weighted by molar-refractivity contribution is -0.127. The van der Waals surface area contributed by atoms with E-state index in [1.54, 1.807) is 12.0 Å². The van der Waals surface area contributed by atoms with Crippen LogP contribution in [-0.2, 0) is 16.0 Å². The summed E-state index contributed by atoms with van der Waals surface area (Å²) < 4.78 is 10.4. The Kier molecular flexibility index (Phi) is 4.39. The molecule has 2 N–H and O–H groups in total. The van der Waals surface area contributed by atoms with Crippen LogP contribution in [0.1, 0.15) is 12.0 Å². The van der Waals surface area contributed by atoms with E-state index in [9.17, 15) is 4.79 Å². The summed E-state index contributed by atoms with van der Waals surface area (Å²) >= 11 is 0. The van der Waals surface area contributed by atoms with Crippen LogP contribution in [0.5, 0.6) is 5.75 Å². The van der Waals surface area contributed by atoms with Crippen molar-refractivity contribution >= 4 is 11.6 Å². The van der Waals surface area contributed by atoms with Crippen molar-refractivity contribution in [2.75, 3.05) is 32.2 Å².